The summed E-state index contributed by atoms with van der Waals surface area (Å²) < 4.78 is 5.16. The molecule has 6 heteroatoms. The van der Waals surface area contributed by atoms with Crippen LogP contribution in [0.4, 0.5) is 4.79 Å². The molecule has 1 saturated carbocycles. The lowest BCUT2D eigenvalue weighted by Gasteiger charge is -2.24. The average molecular weight is 353 g/mol. The van der Waals surface area contributed by atoms with Crippen LogP contribution in [0.3, 0.4) is 0 Å². The average Bonchev–Trinajstić information content (AvgIpc) is 3.16. The van der Waals surface area contributed by atoms with Gasteiger partial charge in [0.15, 0.2) is 0 Å². The lowest BCUT2D eigenvalue weighted by atomic mass is 9.96. The highest BCUT2D eigenvalue weighted by atomic mass is 32.1. The fourth-order valence-electron chi connectivity index (χ4n) is 3.02. The standard InChI is InChI=1S/C18H28N2O3S/c1-18(2,3)23-17(22)19-11-10-15(21)20-16(13-7-4-5-8-13)14-9-6-12-24-14/h6,9,12-13,16H,4-5,7-8,10-11H2,1-3H3,(H,19,22)(H,20,21). The van der Waals surface area contributed by atoms with Crippen molar-refractivity contribution in [1.29, 1.82) is 0 Å². The Hall–Kier alpha value is -1.56. The molecule has 0 aromatic carbocycles. The number of alkyl carbamates (subject to hydrolysis) is 1. The predicted molar refractivity (Wildman–Crippen MR) is 96.0 cm³/mol. The number of nitrogens with one attached hydrogen (secondary N) is 2. The van der Waals surface area contributed by atoms with Crippen LogP contribution >= 0.6 is 11.3 Å². The highest BCUT2D eigenvalue weighted by Crippen LogP contribution is 2.37. The summed E-state index contributed by atoms with van der Waals surface area (Å²) in [5.41, 5.74) is -0.529. The van der Waals surface area contributed by atoms with Crippen molar-refractivity contribution < 1.29 is 14.3 Å². The van der Waals surface area contributed by atoms with E-state index in [9.17, 15) is 9.59 Å². The van der Waals surface area contributed by atoms with Crippen LogP contribution < -0.4 is 10.6 Å². The smallest absolute Gasteiger partial charge is 0.407 e. The van der Waals surface area contributed by atoms with Crippen LogP contribution in [-0.4, -0.2) is 24.1 Å². The van der Waals surface area contributed by atoms with Gasteiger partial charge in [0.25, 0.3) is 0 Å². The number of carbonyl (C=O) groups is 2. The van der Waals surface area contributed by atoms with Gasteiger partial charge in [-0.1, -0.05) is 18.9 Å². The lowest BCUT2D eigenvalue weighted by Crippen LogP contribution is -2.37. The van der Waals surface area contributed by atoms with E-state index in [1.54, 1.807) is 11.3 Å². The molecule has 1 aliphatic rings. The molecule has 0 saturated heterocycles. The molecule has 1 aliphatic carbocycles. The van der Waals surface area contributed by atoms with Gasteiger partial charge in [-0.3, -0.25) is 4.79 Å². The Morgan fingerprint density at radius 1 is 1.33 bits per heavy atom. The first kappa shape index (κ1) is 18.8. The third-order valence-corrected chi connectivity index (χ3v) is 5.01. The SMILES string of the molecule is CC(C)(C)OC(=O)NCCC(=O)NC(c1cccs1)C1CCCC1. The van der Waals surface area contributed by atoms with Crippen molar-refractivity contribution in [3.8, 4) is 0 Å². The molecule has 1 heterocycles. The van der Waals surface area contributed by atoms with E-state index in [1.807, 2.05) is 32.2 Å². The van der Waals surface area contributed by atoms with Crippen molar-refractivity contribution in [1.82, 2.24) is 10.6 Å². The Morgan fingerprint density at radius 2 is 2.04 bits per heavy atom. The van der Waals surface area contributed by atoms with Crippen LogP contribution in [0.5, 0.6) is 0 Å². The largest absolute Gasteiger partial charge is 0.444 e. The van der Waals surface area contributed by atoms with Crippen molar-refractivity contribution in [2.24, 2.45) is 5.92 Å². The Kier molecular flexibility index (Phi) is 6.66. The van der Waals surface area contributed by atoms with Gasteiger partial charge in [0.1, 0.15) is 5.60 Å². The van der Waals surface area contributed by atoms with Gasteiger partial charge in [0.05, 0.1) is 6.04 Å². The van der Waals surface area contributed by atoms with Gasteiger partial charge in [-0.05, 0) is 51.0 Å². The summed E-state index contributed by atoms with van der Waals surface area (Å²) in [6.45, 7) is 5.72. The Labute approximate surface area is 148 Å². The normalized spacial score (nSPS) is 16.6. The third kappa shape index (κ3) is 6.15. The van der Waals surface area contributed by atoms with E-state index in [-0.39, 0.29) is 24.9 Å². The number of hydrogen-bond donors (Lipinski definition) is 2. The fourth-order valence-corrected chi connectivity index (χ4v) is 3.89. The third-order valence-electron chi connectivity index (χ3n) is 4.06. The zero-order valence-corrected chi connectivity index (χ0v) is 15.6. The predicted octanol–water partition coefficient (Wildman–Crippen LogP) is 4.01. The highest BCUT2D eigenvalue weighted by molar-refractivity contribution is 7.10. The van der Waals surface area contributed by atoms with Gasteiger partial charge < -0.3 is 15.4 Å². The van der Waals surface area contributed by atoms with Crippen molar-refractivity contribution in [3.05, 3.63) is 22.4 Å². The van der Waals surface area contributed by atoms with Gasteiger partial charge >= 0.3 is 6.09 Å². The van der Waals surface area contributed by atoms with E-state index in [0.717, 1.165) is 0 Å². The second-order valence-electron chi connectivity index (χ2n) is 7.28. The summed E-state index contributed by atoms with van der Waals surface area (Å²) in [6.07, 6.45) is 4.58. The molecule has 0 bridgehead atoms. The van der Waals surface area contributed by atoms with Crippen LogP contribution in [0.15, 0.2) is 17.5 Å². The fraction of sp³-hybridized carbons (Fsp3) is 0.667. The summed E-state index contributed by atoms with van der Waals surface area (Å²) in [6, 6.07) is 4.21. The molecular weight excluding hydrogens is 324 g/mol. The quantitative estimate of drug-likeness (QED) is 0.813. The molecule has 0 radical (unpaired) electrons. The minimum absolute atomic E-state index is 0.0311. The molecule has 2 rings (SSSR count). The second-order valence-corrected chi connectivity index (χ2v) is 8.26. The molecule has 1 atom stereocenters. The summed E-state index contributed by atoms with van der Waals surface area (Å²) in [5.74, 6) is 0.489. The molecule has 5 nitrogen and oxygen atoms in total. The molecule has 0 spiro atoms. The van der Waals surface area contributed by atoms with Crippen LogP contribution in [0.2, 0.25) is 0 Å². The summed E-state index contributed by atoms with van der Waals surface area (Å²) >= 11 is 1.69. The van der Waals surface area contributed by atoms with Gasteiger partial charge in [-0.25, -0.2) is 4.79 Å². The maximum absolute atomic E-state index is 12.3. The number of amides is 2. The molecule has 1 fully saturated rings. The van der Waals surface area contributed by atoms with Gasteiger partial charge in [0.2, 0.25) is 5.91 Å². The van der Waals surface area contributed by atoms with E-state index in [1.165, 1.54) is 30.6 Å². The number of carbonyl (C=O) groups excluding carboxylic acids is 2. The van der Waals surface area contributed by atoms with E-state index < -0.39 is 11.7 Å². The monoisotopic (exact) mass is 352 g/mol. The zero-order chi connectivity index (χ0) is 17.6. The molecule has 134 valence electrons. The first-order valence-corrected chi connectivity index (χ1v) is 9.53. The first-order valence-electron chi connectivity index (χ1n) is 8.65. The van der Waals surface area contributed by atoms with E-state index in [2.05, 4.69) is 16.7 Å². The summed E-state index contributed by atoms with van der Waals surface area (Å²) in [5, 5.41) is 7.84. The van der Waals surface area contributed by atoms with Gasteiger partial charge in [-0.15, -0.1) is 11.3 Å². The Balaban J connectivity index is 1.79. The van der Waals surface area contributed by atoms with Crippen LogP contribution in [0.25, 0.3) is 0 Å². The molecule has 2 N–H and O–H groups in total. The maximum Gasteiger partial charge on any atom is 0.407 e. The summed E-state index contributed by atoms with van der Waals surface area (Å²) in [4.78, 5) is 25.1. The van der Waals surface area contributed by atoms with E-state index in [4.69, 9.17) is 4.74 Å². The second kappa shape index (κ2) is 8.51. The highest BCUT2D eigenvalue weighted by Gasteiger charge is 2.28. The number of rotatable bonds is 6. The number of hydrogen-bond acceptors (Lipinski definition) is 4. The zero-order valence-electron chi connectivity index (χ0n) is 14.8. The molecule has 1 aromatic heterocycles. The minimum atomic E-state index is -0.529. The Bertz CT molecular complexity index is 531. The van der Waals surface area contributed by atoms with Gasteiger partial charge in [-0.2, -0.15) is 0 Å². The molecule has 1 unspecified atom stereocenters. The first-order chi connectivity index (χ1) is 11.3. The van der Waals surface area contributed by atoms with Crippen LogP contribution in [-0.2, 0) is 9.53 Å². The Morgan fingerprint density at radius 3 is 2.62 bits per heavy atom. The summed E-state index contributed by atoms with van der Waals surface area (Å²) in [7, 11) is 0. The van der Waals surface area contributed by atoms with Crippen LogP contribution in [0.1, 0.15) is 63.8 Å². The molecular formula is C18H28N2O3S. The lowest BCUT2D eigenvalue weighted by molar-refractivity contribution is -0.122. The van der Waals surface area contributed by atoms with E-state index >= 15 is 0 Å². The van der Waals surface area contributed by atoms with Crippen molar-refractivity contribution >= 4 is 23.3 Å². The number of ether oxygens (including phenoxy) is 1. The minimum Gasteiger partial charge on any atom is -0.444 e. The van der Waals surface area contributed by atoms with Gasteiger partial charge in [0, 0.05) is 17.8 Å². The van der Waals surface area contributed by atoms with E-state index in [0.29, 0.717) is 5.92 Å². The molecule has 24 heavy (non-hydrogen) atoms. The maximum atomic E-state index is 12.3. The van der Waals surface area contributed by atoms with Crippen molar-refractivity contribution in [2.75, 3.05) is 6.54 Å². The molecule has 0 aliphatic heterocycles. The molecule has 2 amide bonds. The number of thiophene rings is 1. The molecule has 1 aromatic rings. The van der Waals surface area contributed by atoms with Crippen molar-refractivity contribution in [3.63, 3.8) is 0 Å². The van der Waals surface area contributed by atoms with Crippen molar-refractivity contribution in [2.45, 2.75) is 64.5 Å². The topological polar surface area (TPSA) is 67.4 Å². The van der Waals surface area contributed by atoms with Crippen LogP contribution in [0, 0.1) is 5.92 Å².